The SMILES string of the molecule is CCCNc1ncc(F)c(N2CCCC2(C)C)n1. The van der Waals surface area contributed by atoms with Gasteiger partial charge in [0.15, 0.2) is 11.6 Å². The van der Waals surface area contributed by atoms with Crippen molar-refractivity contribution in [2.45, 2.75) is 45.6 Å². The molecule has 1 aromatic heterocycles. The van der Waals surface area contributed by atoms with E-state index in [1.165, 1.54) is 6.20 Å². The molecule has 1 N–H and O–H groups in total. The molecule has 100 valence electrons. The summed E-state index contributed by atoms with van der Waals surface area (Å²) in [5, 5.41) is 3.10. The van der Waals surface area contributed by atoms with Crippen LogP contribution in [0.1, 0.15) is 40.0 Å². The summed E-state index contributed by atoms with van der Waals surface area (Å²) < 4.78 is 13.9. The van der Waals surface area contributed by atoms with Gasteiger partial charge in [-0.2, -0.15) is 4.98 Å². The Morgan fingerprint density at radius 2 is 2.28 bits per heavy atom. The fourth-order valence-corrected chi connectivity index (χ4v) is 2.37. The summed E-state index contributed by atoms with van der Waals surface area (Å²) in [6.45, 7) is 7.98. The highest BCUT2D eigenvalue weighted by Crippen LogP contribution is 2.33. The molecule has 18 heavy (non-hydrogen) atoms. The van der Waals surface area contributed by atoms with Crippen LogP contribution in [0.2, 0.25) is 0 Å². The molecule has 0 aromatic carbocycles. The van der Waals surface area contributed by atoms with Crippen molar-refractivity contribution in [1.29, 1.82) is 0 Å². The molecule has 5 heteroatoms. The first-order chi connectivity index (χ1) is 8.54. The fourth-order valence-electron chi connectivity index (χ4n) is 2.37. The summed E-state index contributed by atoms with van der Waals surface area (Å²) in [5.74, 6) is 0.592. The zero-order valence-electron chi connectivity index (χ0n) is 11.3. The standard InChI is InChI=1S/C13H21FN4/c1-4-7-15-12-16-9-10(14)11(17-12)18-8-5-6-13(18,2)3/h9H,4-8H2,1-3H3,(H,15,16,17). The average molecular weight is 252 g/mol. The van der Waals surface area contributed by atoms with Gasteiger partial charge in [-0.05, 0) is 33.1 Å². The van der Waals surface area contributed by atoms with E-state index in [4.69, 9.17) is 0 Å². The van der Waals surface area contributed by atoms with Crippen molar-refractivity contribution in [3.05, 3.63) is 12.0 Å². The number of nitrogens with zero attached hydrogens (tertiary/aromatic N) is 3. The first-order valence-corrected chi connectivity index (χ1v) is 6.58. The molecule has 1 fully saturated rings. The molecule has 0 unspecified atom stereocenters. The predicted molar refractivity (Wildman–Crippen MR) is 71.4 cm³/mol. The van der Waals surface area contributed by atoms with Crippen molar-refractivity contribution in [2.24, 2.45) is 0 Å². The van der Waals surface area contributed by atoms with Gasteiger partial charge in [-0.25, -0.2) is 9.37 Å². The molecular formula is C13H21FN4. The molecule has 1 saturated heterocycles. The fraction of sp³-hybridized carbons (Fsp3) is 0.692. The van der Waals surface area contributed by atoms with Crippen LogP contribution in [0.25, 0.3) is 0 Å². The lowest BCUT2D eigenvalue weighted by molar-refractivity contribution is 0.500. The maximum absolute atomic E-state index is 13.9. The van der Waals surface area contributed by atoms with Gasteiger partial charge in [0.2, 0.25) is 5.95 Å². The van der Waals surface area contributed by atoms with E-state index in [0.29, 0.717) is 11.8 Å². The maximum Gasteiger partial charge on any atom is 0.224 e. The van der Waals surface area contributed by atoms with Crippen LogP contribution < -0.4 is 10.2 Å². The van der Waals surface area contributed by atoms with Gasteiger partial charge in [0.25, 0.3) is 0 Å². The smallest absolute Gasteiger partial charge is 0.224 e. The molecule has 2 rings (SSSR count). The van der Waals surface area contributed by atoms with E-state index in [-0.39, 0.29) is 11.4 Å². The molecule has 0 spiro atoms. The zero-order chi connectivity index (χ0) is 13.2. The summed E-state index contributed by atoms with van der Waals surface area (Å²) in [5.41, 5.74) is -0.0305. The summed E-state index contributed by atoms with van der Waals surface area (Å²) >= 11 is 0. The highest BCUT2D eigenvalue weighted by atomic mass is 19.1. The molecule has 0 amide bonds. The minimum atomic E-state index is -0.341. The minimum absolute atomic E-state index is 0.0305. The number of halogens is 1. The summed E-state index contributed by atoms with van der Waals surface area (Å²) in [6, 6.07) is 0. The van der Waals surface area contributed by atoms with Crippen LogP contribution in [0.4, 0.5) is 16.2 Å². The summed E-state index contributed by atoms with van der Waals surface area (Å²) in [7, 11) is 0. The second kappa shape index (κ2) is 5.08. The van der Waals surface area contributed by atoms with Crippen molar-refractivity contribution >= 4 is 11.8 Å². The Morgan fingerprint density at radius 1 is 1.50 bits per heavy atom. The third-order valence-electron chi connectivity index (χ3n) is 3.42. The Bertz CT molecular complexity index is 419. The van der Waals surface area contributed by atoms with Crippen LogP contribution in [0.15, 0.2) is 6.20 Å². The molecule has 2 heterocycles. The van der Waals surface area contributed by atoms with E-state index >= 15 is 0 Å². The highest BCUT2D eigenvalue weighted by Gasteiger charge is 2.34. The third kappa shape index (κ3) is 2.54. The molecule has 0 saturated carbocycles. The van der Waals surface area contributed by atoms with Crippen LogP contribution in [0, 0.1) is 5.82 Å². The predicted octanol–water partition coefficient (Wildman–Crippen LogP) is 2.82. The quantitative estimate of drug-likeness (QED) is 0.894. The van der Waals surface area contributed by atoms with Crippen molar-refractivity contribution in [3.8, 4) is 0 Å². The first kappa shape index (κ1) is 13.1. The number of rotatable bonds is 4. The van der Waals surface area contributed by atoms with Crippen LogP contribution >= 0.6 is 0 Å². The lowest BCUT2D eigenvalue weighted by Gasteiger charge is -2.32. The summed E-state index contributed by atoms with van der Waals surface area (Å²) in [4.78, 5) is 10.3. The Hall–Kier alpha value is -1.39. The average Bonchev–Trinajstić information content (AvgIpc) is 2.68. The van der Waals surface area contributed by atoms with E-state index < -0.39 is 0 Å². The zero-order valence-corrected chi connectivity index (χ0v) is 11.3. The second-order valence-corrected chi connectivity index (χ2v) is 5.36. The van der Waals surface area contributed by atoms with E-state index in [1.54, 1.807) is 0 Å². The molecule has 1 aromatic rings. The Kier molecular flexibility index (Phi) is 3.68. The van der Waals surface area contributed by atoms with E-state index in [2.05, 4.69) is 36.1 Å². The van der Waals surface area contributed by atoms with Crippen molar-refractivity contribution in [3.63, 3.8) is 0 Å². The van der Waals surface area contributed by atoms with Gasteiger partial charge < -0.3 is 10.2 Å². The third-order valence-corrected chi connectivity index (χ3v) is 3.42. The maximum atomic E-state index is 13.9. The first-order valence-electron chi connectivity index (χ1n) is 6.58. The van der Waals surface area contributed by atoms with E-state index in [9.17, 15) is 4.39 Å². The normalized spacial score (nSPS) is 18.1. The van der Waals surface area contributed by atoms with Crippen LogP contribution in [0.5, 0.6) is 0 Å². The van der Waals surface area contributed by atoms with Crippen molar-refractivity contribution in [1.82, 2.24) is 9.97 Å². The summed E-state index contributed by atoms with van der Waals surface area (Å²) in [6.07, 6.45) is 4.39. The molecule has 4 nitrogen and oxygen atoms in total. The number of anilines is 2. The van der Waals surface area contributed by atoms with E-state index in [0.717, 1.165) is 32.4 Å². The number of nitrogens with one attached hydrogen (secondary N) is 1. The molecule has 0 atom stereocenters. The number of hydrogen-bond acceptors (Lipinski definition) is 4. The van der Waals surface area contributed by atoms with Gasteiger partial charge in [-0.3, -0.25) is 0 Å². The Labute approximate surface area is 108 Å². The molecule has 0 bridgehead atoms. The lowest BCUT2D eigenvalue weighted by atomic mass is 10.0. The van der Waals surface area contributed by atoms with Gasteiger partial charge in [0.1, 0.15) is 0 Å². The van der Waals surface area contributed by atoms with Crippen molar-refractivity contribution in [2.75, 3.05) is 23.3 Å². The molecule has 1 aliphatic heterocycles. The monoisotopic (exact) mass is 252 g/mol. The number of hydrogen-bond donors (Lipinski definition) is 1. The van der Waals surface area contributed by atoms with Crippen LogP contribution in [-0.4, -0.2) is 28.6 Å². The molecule has 0 radical (unpaired) electrons. The highest BCUT2D eigenvalue weighted by molar-refractivity contribution is 5.47. The van der Waals surface area contributed by atoms with Gasteiger partial charge in [-0.15, -0.1) is 0 Å². The Balaban J connectivity index is 2.26. The van der Waals surface area contributed by atoms with Crippen molar-refractivity contribution < 1.29 is 4.39 Å². The van der Waals surface area contributed by atoms with Gasteiger partial charge in [-0.1, -0.05) is 6.92 Å². The second-order valence-electron chi connectivity index (χ2n) is 5.36. The lowest BCUT2D eigenvalue weighted by Crippen LogP contribution is -2.39. The van der Waals surface area contributed by atoms with Crippen LogP contribution in [-0.2, 0) is 0 Å². The van der Waals surface area contributed by atoms with E-state index in [1.807, 2.05) is 4.90 Å². The molecule has 0 aliphatic carbocycles. The Morgan fingerprint density at radius 3 is 2.89 bits per heavy atom. The molecule has 1 aliphatic rings. The molecular weight excluding hydrogens is 231 g/mol. The topological polar surface area (TPSA) is 41.1 Å². The minimum Gasteiger partial charge on any atom is -0.354 e. The largest absolute Gasteiger partial charge is 0.354 e. The van der Waals surface area contributed by atoms with Gasteiger partial charge in [0, 0.05) is 18.6 Å². The van der Waals surface area contributed by atoms with Gasteiger partial charge in [0.05, 0.1) is 6.20 Å². The van der Waals surface area contributed by atoms with Crippen LogP contribution in [0.3, 0.4) is 0 Å². The van der Waals surface area contributed by atoms with Gasteiger partial charge >= 0.3 is 0 Å². The number of aromatic nitrogens is 2.